The van der Waals surface area contributed by atoms with Crippen molar-refractivity contribution in [2.75, 3.05) is 13.1 Å². The van der Waals surface area contributed by atoms with Crippen molar-refractivity contribution in [3.05, 3.63) is 54.6 Å². The molecule has 24 heavy (non-hydrogen) atoms. The van der Waals surface area contributed by atoms with E-state index in [1.54, 1.807) is 31.2 Å². The molecule has 0 radical (unpaired) electrons. The van der Waals surface area contributed by atoms with Crippen LogP contribution in [0.25, 0.3) is 11.1 Å². The summed E-state index contributed by atoms with van der Waals surface area (Å²) in [6, 6.07) is 16.4. The van der Waals surface area contributed by atoms with Crippen molar-refractivity contribution in [3.8, 4) is 11.1 Å². The molecule has 0 saturated carbocycles. The zero-order valence-corrected chi connectivity index (χ0v) is 14.1. The molecule has 0 bridgehead atoms. The van der Waals surface area contributed by atoms with Crippen molar-refractivity contribution in [3.63, 3.8) is 0 Å². The number of carboxylic acids is 1. The zero-order chi connectivity index (χ0) is 17.3. The van der Waals surface area contributed by atoms with Gasteiger partial charge >= 0.3 is 5.97 Å². The van der Waals surface area contributed by atoms with Gasteiger partial charge in [-0.3, -0.25) is 4.79 Å². The van der Waals surface area contributed by atoms with Crippen LogP contribution < -0.4 is 0 Å². The van der Waals surface area contributed by atoms with Gasteiger partial charge in [-0.25, -0.2) is 8.42 Å². The molecular formula is C18H19NO4S. The van der Waals surface area contributed by atoms with Crippen LogP contribution >= 0.6 is 0 Å². The molecule has 2 aromatic rings. The lowest BCUT2D eigenvalue weighted by molar-refractivity contribution is -0.142. The molecule has 1 aliphatic heterocycles. The van der Waals surface area contributed by atoms with Crippen LogP contribution in [0.3, 0.4) is 0 Å². The molecule has 0 unspecified atom stereocenters. The summed E-state index contributed by atoms with van der Waals surface area (Å²) in [4.78, 5) is 11.4. The summed E-state index contributed by atoms with van der Waals surface area (Å²) in [5.74, 6) is -1.79. The SMILES string of the molecule is C[C@@H]1CN(S(=O)(=O)c2ccc(-c3ccccc3)cc2)C[C@H]1C(=O)O. The summed E-state index contributed by atoms with van der Waals surface area (Å²) in [6.45, 7) is 2.03. The van der Waals surface area contributed by atoms with Gasteiger partial charge in [-0.15, -0.1) is 0 Å². The summed E-state index contributed by atoms with van der Waals surface area (Å²) in [5.41, 5.74) is 1.95. The second kappa shape index (κ2) is 6.37. The highest BCUT2D eigenvalue weighted by atomic mass is 32.2. The van der Waals surface area contributed by atoms with E-state index >= 15 is 0 Å². The van der Waals surface area contributed by atoms with Crippen LogP contribution in [-0.2, 0) is 14.8 Å². The third-order valence-electron chi connectivity index (χ3n) is 4.50. The predicted molar refractivity (Wildman–Crippen MR) is 90.9 cm³/mol. The second-order valence-electron chi connectivity index (χ2n) is 6.13. The average Bonchev–Trinajstić information content (AvgIpc) is 2.99. The van der Waals surface area contributed by atoms with Gasteiger partial charge in [0.1, 0.15) is 0 Å². The van der Waals surface area contributed by atoms with E-state index in [0.717, 1.165) is 11.1 Å². The monoisotopic (exact) mass is 345 g/mol. The summed E-state index contributed by atoms with van der Waals surface area (Å²) in [5, 5.41) is 9.18. The maximum Gasteiger partial charge on any atom is 0.308 e. The summed E-state index contributed by atoms with van der Waals surface area (Å²) in [7, 11) is -3.67. The lowest BCUT2D eigenvalue weighted by Gasteiger charge is -2.16. The average molecular weight is 345 g/mol. The van der Waals surface area contributed by atoms with Gasteiger partial charge in [0, 0.05) is 13.1 Å². The number of sulfonamides is 1. The van der Waals surface area contributed by atoms with Gasteiger partial charge in [0.05, 0.1) is 10.8 Å². The molecule has 0 amide bonds. The van der Waals surface area contributed by atoms with Crippen LogP contribution in [0.2, 0.25) is 0 Å². The van der Waals surface area contributed by atoms with Gasteiger partial charge in [0.15, 0.2) is 0 Å². The Kier molecular flexibility index (Phi) is 4.43. The predicted octanol–water partition coefficient (Wildman–Crippen LogP) is 2.69. The highest BCUT2D eigenvalue weighted by Gasteiger charge is 2.40. The topological polar surface area (TPSA) is 74.7 Å². The Labute approximate surface area is 141 Å². The Morgan fingerprint density at radius 2 is 1.58 bits per heavy atom. The van der Waals surface area contributed by atoms with E-state index < -0.39 is 21.9 Å². The van der Waals surface area contributed by atoms with Crippen LogP contribution in [0.5, 0.6) is 0 Å². The highest BCUT2D eigenvalue weighted by Crippen LogP contribution is 2.29. The van der Waals surface area contributed by atoms with Crippen LogP contribution in [0, 0.1) is 11.8 Å². The minimum absolute atomic E-state index is 0.0271. The van der Waals surface area contributed by atoms with Gasteiger partial charge in [0.2, 0.25) is 10.0 Å². The van der Waals surface area contributed by atoms with Crippen molar-refractivity contribution >= 4 is 16.0 Å². The van der Waals surface area contributed by atoms with Gasteiger partial charge in [-0.2, -0.15) is 4.31 Å². The molecule has 2 atom stereocenters. The first-order valence-corrected chi connectivity index (χ1v) is 9.22. The molecule has 1 saturated heterocycles. The molecule has 1 aliphatic rings. The molecule has 0 aliphatic carbocycles. The van der Waals surface area contributed by atoms with E-state index in [1.807, 2.05) is 30.3 Å². The summed E-state index contributed by atoms with van der Waals surface area (Å²) in [6.07, 6.45) is 0. The van der Waals surface area contributed by atoms with E-state index in [2.05, 4.69) is 0 Å². The van der Waals surface area contributed by atoms with Crippen LogP contribution in [0.1, 0.15) is 6.92 Å². The molecule has 1 fully saturated rings. The Bertz CT molecular complexity index is 831. The molecule has 5 nitrogen and oxygen atoms in total. The third-order valence-corrected chi connectivity index (χ3v) is 6.34. The standard InChI is InChI=1S/C18H19NO4S/c1-13-11-19(12-17(13)18(20)21)24(22,23)16-9-7-15(8-10-16)14-5-3-2-4-6-14/h2-10,13,17H,11-12H2,1H3,(H,20,21)/t13-,17-/m1/s1. The van der Waals surface area contributed by atoms with Crippen molar-refractivity contribution in [1.82, 2.24) is 4.31 Å². The number of rotatable bonds is 4. The first-order valence-electron chi connectivity index (χ1n) is 7.78. The Hall–Kier alpha value is -2.18. The molecule has 0 aromatic heterocycles. The molecule has 1 N–H and O–H groups in total. The molecule has 3 rings (SSSR count). The second-order valence-corrected chi connectivity index (χ2v) is 8.07. The fourth-order valence-corrected chi connectivity index (χ4v) is 4.61. The minimum atomic E-state index is -3.67. The number of benzene rings is 2. The molecule has 0 spiro atoms. The first-order chi connectivity index (χ1) is 11.4. The van der Waals surface area contributed by atoms with E-state index in [1.165, 1.54) is 4.31 Å². The first kappa shape index (κ1) is 16.7. The molecule has 1 heterocycles. The normalized spacial score (nSPS) is 21.7. The number of hydrogen-bond acceptors (Lipinski definition) is 3. The smallest absolute Gasteiger partial charge is 0.308 e. The fourth-order valence-electron chi connectivity index (χ4n) is 3.04. The summed E-state index contributed by atoms with van der Waals surface area (Å²) >= 11 is 0. The van der Waals surface area contributed by atoms with Gasteiger partial charge in [-0.1, -0.05) is 49.4 Å². The van der Waals surface area contributed by atoms with Crippen LogP contribution in [0.4, 0.5) is 0 Å². The maximum absolute atomic E-state index is 12.7. The maximum atomic E-state index is 12.7. The largest absolute Gasteiger partial charge is 0.481 e. The number of nitrogens with zero attached hydrogens (tertiary/aromatic N) is 1. The number of hydrogen-bond donors (Lipinski definition) is 1. The van der Waals surface area contributed by atoms with Gasteiger partial charge in [0.25, 0.3) is 0 Å². The number of carboxylic acid groups (broad SMARTS) is 1. The lowest BCUT2D eigenvalue weighted by atomic mass is 9.99. The lowest BCUT2D eigenvalue weighted by Crippen LogP contribution is -2.30. The third kappa shape index (κ3) is 3.07. The minimum Gasteiger partial charge on any atom is -0.481 e. The van der Waals surface area contributed by atoms with E-state index in [0.29, 0.717) is 0 Å². The van der Waals surface area contributed by atoms with Crippen LogP contribution in [-0.4, -0.2) is 36.9 Å². The molecule has 126 valence electrons. The summed E-state index contributed by atoms with van der Waals surface area (Å²) < 4.78 is 26.7. The fraction of sp³-hybridized carbons (Fsp3) is 0.278. The zero-order valence-electron chi connectivity index (χ0n) is 13.3. The highest BCUT2D eigenvalue weighted by molar-refractivity contribution is 7.89. The Balaban J connectivity index is 1.85. The van der Waals surface area contributed by atoms with E-state index in [4.69, 9.17) is 0 Å². The van der Waals surface area contributed by atoms with E-state index in [-0.39, 0.29) is 23.9 Å². The van der Waals surface area contributed by atoms with E-state index in [9.17, 15) is 18.3 Å². The van der Waals surface area contributed by atoms with Crippen molar-refractivity contribution in [2.45, 2.75) is 11.8 Å². The molecular weight excluding hydrogens is 326 g/mol. The van der Waals surface area contributed by atoms with Gasteiger partial charge < -0.3 is 5.11 Å². The molecule has 6 heteroatoms. The van der Waals surface area contributed by atoms with Crippen molar-refractivity contribution < 1.29 is 18.3 Å². The molecule has 2 aromatic carbocycles. The van der Waals surface area contributed by atoms with Crippen LogP contribution in [0.15, 0.2) is 59.5 Å². The Morgan fingerprint density at radius 3 is 2.12 bits per heavy atom. The number of aliphatic carboxylic acids is 1. The van der Waals surface area contributed by atoms with Crippen molar-refractivity contribution in [2.24, 2.45) is 11.8 Å². The quantitative estimate of drug-likeness (QED) is 0.924. The number of carbonyl (C=O) groups is 1. The Morgan fingerprint density at radius 1 is 1.00 bits per heavy atom. The van der Waals surface area contributed by atoms with Crippen molar-refractivity contribution in [1.29, 1.82) is 0 Å². The van der Waals surface area contributed by atoms with Gasteiger partial charge in [-0.05, 0) is 29.2 Å².